The maximum atomic E-state index is 11.5. The zero-order valence-corrected chi connectivity index (χ0v) is 13.5. The van der Waals surface area contributed by atoms with Crippen LogP contribution in [-0.4, -0.2) is 19.7 Å². The molecule has 0 saturated heterocycles. The van der Waals surface area contributed by atoms with E-state index in [1.807, 2.05) is 6.92 Å². The van der Waals surface area contributed by atoms with Crippen molar-refractivity contribution in [1.29, 1.82) is 0 Å². The third-order valence-corrected chi connectivity index (χ3v) is 4.42. The minimum atomic E-state index is -0.0467. The standard InChI is InChI=1S/C18H26O3/c1-5-13-10-15(21-6-2)7-8-16(13)12(3)9-14-11-17(14)18(19)20-4/h7-8,10,12,14,17H,5-6,9,11H2,1-4H3. The van der Waals surface area contributed by atoms with E-state index in [-0.39, 0.29) is 11.9 Å². The highest BCUT2D eigenvalue weighted by Gasteiger charge is 2.44. The van der Waals surface area contributed by atoms with Gasteiger partial charge in [-0.25, -0.2) is 0 Å². The molecule has 0 aromatic heterocycles. The molecule has 0 spiro atoms. The first kappa shape index (κ1) is 15.9. The van der Waals surface area contributed by atoms with Crippen LogP contribution >= 0.6 is 0 Å². The summed E-state index contributed by atoms with van der Waals surface area (Å²) in [6, 6.07) is 6.39. The van der Waals surface area contributed by atoms with Gasteiger partial charge in [0.05, 0.1) is 19.6 Å². The normalized spacial score (nSPS) is 21.7. The topological polar surface area (TPSA) is 35.5 Å². The van der Waals surface area contributed by atoms with E-state index < -0.39 is 0 Å². The van der Waals surface area contributed by atoms with Crippen molar-refractivity contribution in [2.24, 2.45) is 11.8 Å². The average molecular weight is 290 g/mol. The van der Waals surface area contributed by atoms with Crippen LogP contribution in [-0.2, 0) is 16.0 Å². The Balaban J connectivity index is 2.02. The minimum Gasteiger partial charge on any atom is -0.494 e. The van der Waals surface area contributed by atoms with Crippen LogP contribution in [0, 0.1) is 11.8 Å². The van der Waals surface area contributed by atoms with E-state index in [1.165, 1.54) is 18.2 Å². The quantitative estimate of drug-likeness (QED) is 0.713. The Hall–Kier alpha value is -1.51. The minimum absolute atomic E-state index is 0.0467. The fourth-order valence-electron chi connectivity index (χ4n) is 3.15. The number of hydrogen-bond acceptors (Lipinski definition) is 3. The van der Waals surface area contributed by atoms with E-state index in [2.05, 4.69) is 32.0 Å². The molecule has 0 amide bonds. The first-order chi connectivity index (χ1) is 10.1. The molecular weight excluding hydrogens is 264 g/mol. The lowest BCUT2D eigenvalue weighted by atomic mass is 9.90. The predicted molar refractivity (Wildman–Crippen MR) is 83.6 cm³/mol. The lowest BCUT2D eigenvalue weighted by Gasteiger charge is -2.17. The molecule has 0 bridgehead atoms. The molecule has 3 atom stereocenters. The Labute approximate surface area is 127 Å². The molecule has 1 saturated carbocycles. The molecule has 1 aliphatic carbocycles. The number of methoxy groups -OCH3 is 1. The summed E-state index contributed by atoms with van der Waals surface area (Å²) in [6.45, 7) is 7.13. The molecular formula is C18H26O3. The SMILES string of the molecule is CCOc1ccc(C(C)CC2CC2C(=O)OC)c(CC)c1. The van der Waals surface area contributed by atoms with Gasteiger partial charge in [0, 0.05) is 0 Å². The molecule has 3 nitrogen and oxygen atoms in total. The van der Waals surface area contributed by atoms with Gasteiger partial charge in [0.2, 0.25) is 0 Å². The molecule has 3 unspecified atom stereocenters. The third kappa shape index (κ3) is 3.78. The zero-order valence-electron chi connectivity index (χ0n) is 13.5. The number of carbonyl (C=O) groups excluding carboxylic acids is 1. The molecule has 1 aromatic carbocycles. The van der Waals surface area contributed by atoms with Crippen molar-refractivity contribution in [2.45, 2.75) is 46.0 Å². The summed E-state index contributed by atoms with van der Waals surface area (Å²) in [5.41, 5.74) is 2.74. The summed E-state index contributed by atoms with van der Waals surface area (Å²) in [7, 11) is 1.47. The van der Waals surface area contributed by atoms with Crippen molar-refractivity contribution >= 4 is 5.97 Å². The summed E-state index contributed by atoms with van der Waals surface area (Å²) in [6.07, 6.45) is 3.04. The van der Waals surface area contributed by atoms with Gasteiger partial charge in [-0.2, -0.15) is 0 Å². The third-order valence-electron chi connectivity index (χ3n) is 4.42. The lowest BCUT2D eigenvalue weighted by molar-refractivity contribution is -0.142. The summed E-state index contributed by atoms with van der Waals surface area (Å²) >= 11 is 0. The van der Waals surface area contributed by atoms with E-state index in [0.29, 0.717) is 18.4 Å². The molecule has 0 N–H and O–H groups in total. The van der Waals surface area contributed by atoms with E-state index in [1.54, 1.807) is 0 Å². The van der Waals surface area contributed by atoms with Crippen molar-refractivity contribution in [3.63, 3.8) is 0 Å². The van der Waals surface area contributed by atoms with Gasteiger partial charge in [-0.1, -0.05) is 19.9 Å². The predicted octanol–water partition coefficient (Wildman–Crippen LogP) is 3.95. The molecule has 2 rings (SSSR count). The van der Waals surface area contributed by atoms with E-state index in [0.717, 1.165) is 25.0 Å². The Bertz CT molecular complexity index is 495. The van der Waals surface area contributed by atoms with Gasteiger partial charge in [-0.3, -0.25) is 4.79 Å². The molecule has 1 aromatic rings. The number of rotatable bonds is 7. The van der Waals surface area contributed by atoms with Gasteiger partial charge < -0.3 is 9.47 Å². The Morgan fingerprint density at radius 1 is 1.38 bits per heavy atom. The first-order valence-corrected chi connectivity index (χ1v) is 7.94. The number of benzene rings is 1. The van der Waals surface area contributed by atoms with Crippen molar-refractivity contribution in [2.75, 3.05) is 13.7 Å². The number of esters is 1. The van der Waals surface area contributed by atoms with Gasteiger partial charge >= 0.3 is 5.97 Å². The molecule has 1 aliphatic rings. The molecule has 21 heavy (non-hydrogen) atoms. The van der Waals surface area contributed by atoms with Gasteiger partial charge in [0.1, 0.15) is 5.75 Å². The van der Waals surface area contributed by atoms with Crippen LogP contribution in [0.3, 0.4) is 0 Å². The molecule has 1 fully saturated rings. The van der Waals surface area contributed by atoms with Crippen LogP contribution in [0.2, 0.25) is 0 Å². The lowest BCUT2D eigenvalue weighted by Crippen LogP contribution is -2.06. The van der Waals surface area contributed by atoms with Gasteiger partial charge in [-0.15, -0.1) is 0 Å². The van der Waals surface area contributed by atoms with Crippen molar-refractivity contribution in [1.82, 2.24) is 0 Å². The van der Waals surface area contributed by atoms with Gasteiger partial charge in [0.25, 0.3) is 0 Å². The highest BCUT2D eigenvalue weighted by molar-refractivity contribution is 5.75. The molecule has 0 radical (unpaired) electrons. The van der Waals surface area contributed by atoms with Crippen LogP contribution in [0.5, 0.6) is 5.75 Å². The van der Waals surface area contributed by atoms with Crippen LogP contribution in [0.25, 0.3) is 0 Å². The van der Waals surface area contributed by atoms with Crippen LogP contribution in [0.15, 0.2) is 18.2 Å². The van der Waals surface area contributed by atoms with E-state index >= 15 is 0 Å². The number of ether oxygens (including phenoxy) is 2. The molecule has 0 aliphatic heterocycles. The van der Waals surface area contributed by atoms with E-state index in [9.17, 15) is 4.79 Å². The summed E-state index contributed by atoms with van der Waals surface area (Å²) in [4.78, 5) is 11.5. The Morgan fingerprint density at radius 2 is 2.14 bits per heavy atom. The molecule has 0 heterocycles. The van der Waals surface area contributed by atoms with Crippen molar-refractivity contribution in [3.8, 4) is 5.75 Å². The maximum Gasteiger partial charge on any atom is 0.308 e. The van der Waals surface area contributed by atoms with Crippen LogP contribution < -0.4 is 4.74 Å². The second-order valence-corrected chi connectivity index (χ2v) is 5.91. The number of carbonyl (C=O) groups is 1. The zero-order chi connectivity index (χ0) is 15.4. The number of hydrogen-bond donors (Lipinski definition) is 0. The molecule has 116 valence electrons. The Kier molecular flexibility index (Phi) is 5.27. The van der Waals surface area contributed by atoms with Crippen LogP contribution in [0.4, 0.5) is 0 Å². The van der Waals surface area contributed by atoms with Crippen LogP contribution in [0.1, 0.15) is 50.7 Å². The summed E-state index contributed by atoms with van der Waals surface area (Å²) in [5.74, 6) is 1.99. The summed E-state index contributed by atoms with van der Waals surface area (Å²) in [5, 5.41) is 0. The average Bonchev–Trinajstić information content (AvgIpc) is 3.25. The second kappa shape index (κ2) is 6.97. The molecule has 3 heteroatoms. The fourth-order valence-corrected chi connectivity index (χ4v) is 3.15. The first-order valence-electron chi connectivity index (χ1n) is 7.94. The smallest absolute Gasteiger partial charge is 0.308 e. The highest BCUT2D eigenvalue weighted by atomic mass is 16.5. The maximum absolute atomic E-state index is 11.5. The van der Waals surface area contributed by atoms with Gasteiger partial charge in [-0.05, 0) is 61.3 Å². The summed E-state index contributed by atoms with van der Waals surface area (Å²) < 4.78 is 10.4. The van der Waals surface area contributed by atoms with Crippen molar-refractivity contribution < 1.29 is 14.3 Å². The highest BCUT2D eigenvalue weighted by Crippen LogP contribution is 2.46. The van der Waals surface area contributed by atoms with Crippen molar-refractivity contribution in [3.05, 3.63) is 29.3 Å². The Morgan fingerprint density at radius 3 is 2.76 bits per heavy atom. The number of aryl methyl sites for hydroxylation is 1. The van der Waals surface area contributed by atoms with E-state index in [4.69, 9.17) is 9.47 Å². The fraction of sp³-hybridized carbons (Fsp3) is 0.611. The largest absolute Gasteiger partial charge is 0.494 e. The second-order valence-electron chi connectivity index (χ2n) is 5.91. The monoisotopic (exact) mass is 290 g/mol. The van der Waals surface area contributed by atoms with Gasteiger partial charge in [0.15, 0.2) is 0 Å².